The highest BCUT2D eigenvalue weighted by molar-refractivity contribution is 7.99. The molecule has 3 unspecified atom stereocenters. The normalized spacial score (nSPS) is 31.5. The van der Waals surface area contributed by atoms with E-state index in [4.69, 9.17) is 11.6 Å². The molecule has 2 aliphatic carbocycles. The van der Waals surface area contributed by atoms with Gasteiger partial charge in [0.25, 0.3) is 0 Å². The standard InChI is InChI=1S/C17H24ClNS/c1-17(2)10-11-7-8-12(18)9-13(11)16(17)19-14-5-4-6-15(14)20-3/h7-9,14-16,19H,4-6,10H2,1-3H3. The van der Waals surface area contributed by atoms with E-state index in [1.165, 1.54) is 30.4 Å². The van der Waals surface area contributed by atoms with Gasteiger partial charge in [-0.15, -0.1) is 0 Å². The van der Waals surface area contributed by atoms with Crippen LogP contribution >= 0.6 is 23.4 Å². The minimum absolute atomic E-state index is 0.276. The summed E-state index contributed by atoms with van der Waals surface area (Å²) in [5, 5.41) is 5.61. The molecule has 0 spiro atoms. The molecule has 3 rings (SSSR count). The fraction of sp³-hybridized carbons (Fsp3) is 0.647. The SMILES string of the molecule is CSC1CCCC1NC1c2cc(Cl)ccc2CC1(C)C. The monoisotopic (exact) mass is 309 g/mol. The number of benzene rings is 1. The maximum Gasteiger partial charge on any atom is 0.0409 e. The third kappa shape index (κ3) is 2.63. The molecular formula is C17H24ClNS. The van der Waals surface area contributed by atoms with Crippen molar-refractivity contribution in [3.8, 4) is 0 Å². The van der Waals surface area contributed by atoms with Gasteiger partial charge in [-0.05, 0) is 54.2 Å². The van der Waals surface area contributed by atoms with Gasteiger partial charge >= 0.3 is 0 Å². The maximum absolute atomic E-state index is 6.22. The average molecular weight is 310 g/mol. The smallest absolute Gasteiger partial charge is 0.0409 e. The van der Waals surface area contributed by atoms with Gasteiger partial charge in [-0.25, -0.2) is 0 Å². The van der Waals surface area contributed by atoms with Crippen LogP contribution in [0, 0.1) is 5.41 Å². The van der Waals surface area contributed by atoms with Crippen LogP contribution in [0.2, 0.25) is 5.02 Å². The second-order valence-corrected chi connectivity index (χ2v) is 8.43. The van der Waals surface area contributed by atoms with Gasteiger partial charge in [-0.3, -0.25) is 0 Å². The van der Waals surface area contributed by atoms with E-state index in [0.717, 1.165) is 16.7 Å². The van der Waals surface area contributed by atoms with E-state index < -0.39 is 0 Å². The van der Waals surface area contributed by atoms with Crippen LogP contribution in [0.15, 0.2) is 18.2 Å². The molecule has 0 radical (unpaired) electrons. The molecular weight excluding hydrogens is 286 g/mol. The van der Waals surface area contributed by atoms with E-state index in [2.05, 4.69) is 37.6 Å². The average Bonchev–Trinajstić information content (AvgIpc) is 2.93. The lowest BCUT2D eigenvalue weighted by molar-refractivity contribution is 0.249. The Morgan fingerprint density at radius 3 is 2.85 bits per heavy atom. The van der Waals surface area contributed by atoms with Gasteiger partial charge in [0, 0.05) is 22.4 Å². The van der Waals surface area contributed by atoms with Crippen molar-refractivity contribution in [2.24, 2.45) is 5.41 Å². The number of nitrogens with one attached hydrogen (secondary N) is 1. The molecule has 0 aliphatic heterocycles. The number of hydrogen-bond donors (Lipinski definition) is 1. The van der Waals surface area contributed by atoms with E-state index in [1.54, 1.807) is 0 Å². The van der Waals surface area contributed by atoms with Gasteiger partial charge in [-0.1, -0.05) is 37.9 Å². The molecule has 3 heteroatoms. The van der Waals surface area contributed by atoms with Crippen molar-refractivity contribution >= 4 is 23.4 Å². The Morgan fingerprint density at radius 1 is 1.30 bits per heavy atom. The second-order valence-electron chi connectivity index (χ2n) is 6.92. The van der Waals surface area contributed by atoms with Crippen molar-refractivity contribution < 1.29 is 0 Å². The molecule has 1 aromatic rings. The van der Waals surface area contributed by atoms with Crippen molar-refractivity contribution in [1.29, 1.82) is 0 Å². The van der Waals surface area contributed by atoms with Crippen LogP contribution in [0.25, 0.3) is 0 Å². The first-order valence-corrected chi connectivity index (χ1v) is 9.25. The minimum Gasteiger partial charge on any atom is -0.306 e. The Hall–Kier alpha value is -0.180. The van der Waals surface area contributed by atoms with Gasteiger partial charge in [-0.2, -0.15) is 11.8 Å². The molecule has 0 aromatic heterocycles. The van der Waals surface area contributed by atoms with Crippen molar-refractivity contribution in [3.63, 3.8) is 0 Å². The maximum atomic E-state index is 6.22. The predicted molar refractivity (Wildman–Crippen MR) is 89.8 cm³/mol. The zero-order valence-electron chi connectivity index (χ0n) is 12.6. The molecule has 2 aliphatic rings. The van der Waals surface area contributed by atoms with E-state index in [-0.39, 0.29) is 5.41 Å². The van der Waals surface area contributed by atoms with Gasteiger partial charge in [0.1, 0.15) is 0 Å². The number of thioether (sulfide) groups is 1. The molecule has 3 atom stereocenters. The number of hydrogen-bond acceptors (Lipinski definition) is 2. The summed E-state index contributed by atoms with van der Waals surface area (Å²) < 4.78 is 0. The Morgan fingerprint density at radius 2 is 2.10 bits per heavy atom. The molecule has 0 bridgehead atoms. The highest BCUT2D eigenvalue weighted by Crippen LogP contribution is 2.47. The second kappa shape index (κ2) is 5.55. The summed E-state index contributed by atoms with van der Waals surface area (Å²) in [6.45, 7) is 4.75. The summed E-state index contributed by atoms with van der Waals surface area (Å²) in [6.07, 6.45) is 7.42. The molecule has 1 saturated carbocycles. The highest BCUT2D eigenvalue weighted by Gasteiger charge is 2.41. The molecule has 20 heavy (non-hydrogen) atoms. The largest absolute Gasteiger partial charge is 0.306 e. The first kappa shape index (κ1) is 14.7. The van der Waals surface area contributed by atoms with Crippen molar-refractivity contribution in [1.82, 2.24) is 5.32 Å². The lowest BCUT2D eigenvalue weighted by atomic mass is 9.85. The lowest BCUT2D eigenvalue weighted by Gasteiger charge is -2.33. The van der Waals surface area contributed by atoms with Crippen molar-refractivity contribution in [2.75, 3.05) is 6.26 Å². The first-order chi connectivity index (χ1) is 9.51. The van der Waals surface area contributed by atoms with Crippen LogP contribution in [0.4, 0.5) is 0 Å². The van der Waals surface area contributed by atoms with E-state index in [9.17, 15) is 0 Å². The van der Waals surface area contributed by atoms with Crippen molar-refractivity contribution in [2.45, 2.75) is 56.9 Å². The zero-order valence-corrected chi connectivity index (χ0v) is 14.2. The molecule has 0 heterocycles. The van der Waals surface area contributed by atoms with Crippen LogP contribution in [0.1, 0.15) is 50.3 Å². The summed E-state index contributed by atoms with van der Waals surface area (Å²) in [6, 6.07) is 7.50. The third-order valence-electron chi connectivity index (χ3n) is 4.98. The summed E-state index contributed by atoms with van der Waals surface area (Å²) >= 11 is 8.24. The van der Waals surface area contributed by atoms with E-state index >= 15 is 0 Å². The van der Waals surface area contributed by atoms with Gasteiger partial charge in [0.05, 0.1) is 0 Å². The van der Waals surface area contributed by atoms with E-state index in [1.807, 2.05) is 17.8 Å². The summed E-state index contributed by atoms with van der Waals surface area (Å²) in [4.78, 5) is 0. The highest BCUT2D eigenvalue weighted by atomic mass is 35.5. The Labute approximate surface area is 131 Å². The molecule has 1 nitrogen and oxygen atoms in total. The quantitative estimate of drug-likeness (QED) is 0.857. The summed E-state index contributed by atoms with van der Waals surface area (Å²) in [5.74, 6) is 0. The Kier molecular flexibility index (Phi) is 4.09. The lowest BCUT2D eigenvalue weighted by Crippen LogP contribution is -2.41. The summed E-state index contributed by atoms with van der Waals surface area (Å²) in [5.41, 5.74) is 3.17. The minimum atomic E-state index is 0.276. The predicted octanol–water partition coefficient (Wildman–Crippen LogP) is 4.84. The molecule has 1 N–H and O–H groups in total. The first-order valence-electron chi connectivity index (χ1n) is 7.58. The van der Waals surface area contributed by atoms with Crippen LogP contribution in [0.5, 0.6) is 0 Å². The van der Waals surface area contributed by atoms with Gasteiger partial charge < -0.3 is 5.32 Å². The van der Waals surface area contributed by atoms with E-state index in [0.29, 0.717) is 12.1 Å². The van der Waals surface area contributed by atoms with Crippen LogP contribution in [-0.2, 0) is 6.42 Å². The molecule has 1 fully saturated rings. The fourth-order valence-electron chi connectivity index (χ4n) is 3.94. The topological polar surface area (TPSA) is 12.0 Å². The third-order valence-corrected chi connectivity index (χ3v) is 6.39. The van der Waals surface area contributed by atoms with Crippen LogP contribution in [-0.4, -0.2) is 17.5 Å². The van der Waals surface area contributed by atoms with Gasteiger partial charge in [0.2, 0.25) is 0 Å². The molecule has 110 valence electrons. The van der Waals surface area contributed by atoms with Gasteiger partial charge in [0.15, 0.2) is 0 Å². The molecule has 0 amide bonds. The van der Waals surface area contributed by atoms with Crippen molar-refractivity contribution in [3.05, 3.63) is 34.3 Å². The molecule has 0 saturated heterocycles. The number of rotatable bonds is 3. The van der Waals surface area contributed by atoms with Crippen LogP contribution < -0.4 is 5.32 Å². The van der Waals surface area contributed by atoms with Crippen LogP contribution in [0.3, 0.4) is 0 Å². The number of fused-ring (bicyclic) bond motifs is 1. The summed E-state index contributed by atoms with van der Waals surface area (Å²) in [7, 11) is 0. The zero-order chi connectivity index (χ0) is 14.3. The molecule has 1 aromatic carbocycles. The Balaban J connectivity index is 1.86. The Bertz CT molecular complexity index is 500. The fourth-order valence-corrected chi connectivity index (χ4v) is 5.06. The number of halogens is 1.